The molecular formula is C15H20N4. The van der Waals surface area contributed by atoms with Crippen molar-refractivity contribution in [2.24, 2.45) is 0 Å². The zero-order chi connectivity index (χ0) is 13.2. The van der Waals surface area contributed by atoms with Gasteiger partial charge in [0.2, 0.25) is 0 Å². The standard InChI is InChI=1S/C15H20N4/c1-18(2)12-5-7-13(8-6-12)19-11-16-10-15(19)14-4-3-9-17-14/h5-8,10-11,14,17H,3-4,9H2,1-2H3/t14-/m0/s1. The Hall–Kier alpha value is -1.81. The highest BCUT2D eigenvalue weighted by Crippen LogP contribution is 2.25. The molecule has 4 nitrogen and oxygen atoms in total. The van der Waals surface area contributed by atoms with Crippen LogP contribution < -0.4 is 10.2 Å². The van der Waals surface area contributed by atoms with Crippen LogP contribution in [0.25, 0.3) is 5.69 Å². The van der Waals surface area contributed by atoms with Gasteiger partial charge in [0.05, 0.1) is 18.2 Å². The number of anilines is 1. The van der Waals surface area contributed by atoms with E-state index in [2.05, 4.69) is 58.1 Å². The minimum atomic E-state index is 0.441. The van der Waals surface area contributed by atoms with E-state index < -0.39 is 0 Å². The summed E-state index contributed by atoms with van der Waals surface area (Å²) < 4.78 is 2.18. The van der Waals surface area contributed by atoms with Crippen LogP contribution in [0.4, 0.5) is 5.69 Å². The van der Waals surface area contributed by atoms with Crippen molar-refractivity contribution in [1.29, 1.82) is 0 Å². The van der Waals surface area contributed by atoms with Gasteiger partial charge in [0.1, 0.15) is 0 Å². The van der Waals surface area contributed by atoms with Gasteiger partial charge < -0.3 is 14.8 Å². The van der Waals surface area contributed by atoms with Crippen molar-refractivity contribution in [2.45, 2.75) is 18.9 Å². The van der Waals surface area contributed by atoms with E-state index in [0.717, 1.165) is 6.54 Å². The number of nitrogens with one attached hydrogen (secondary N) is 1. The Kier molecular flexibility index (Phi) is 3.25. The maximum atomic E-state index is 4.31. The molecule has 3 rings (SSSR count). The molecule has 19 heavy (non-hydrogen) atoms. The molecule has 1 saturated heterocycles. The monoisotopic (exact) mass is 256 g/mol. The zero-order valence-corrected chi connectivity index (χ0v) is 11.5. The Bertz CT molecular complexity index is 536. The second kappa shape index (κ2) is 5.05. The third kappa shape index (κ3) is 2.36. The van der Waals surface area contributed by atoms with E-state index in [4.69, 9.17) is 0 Å². The van der Waals surface area contributed by atoms with Crippen molar-refractivity contribution >= 4 is 5.69 Å². The van der Waals surface area contributed by atoms with Crippen LogP contribution in [0.15, 0.2) is 36.8 Å². The minimum absolute atomic E-state index is 0.441. The van der Waals surface area contributed by atoms with Crippen LogP contribution in [-0.4, -0.2) is 30.2 Å². The third-order valence-electron chi connectivity index (χ3n) is 3.73. The van der Waals surface area contributed by atoms with E-state index in [-0.39, 0.29) is 0 Å². The molecule has 1 atom stereocenters. The van der Waals surface area contributed by atoms with Crippen molar-refractivity contribution in [1.82, 2.24) is 14.9 Å². The fraction of sp³-hybridized carbons (Fsp3) is 0.400. The molecule has 1 aliphatic heterocycles. The molecule has 0 unspecified atom stereocenters. The average Bonchev–Trinajstić information content (AvgIpc) is 3.09. The summed E-state index contributed by atoms with van der Waals surface area (Å²) >= 11 is 0. The van der Waals surface area contributed by atoms with Gasteiger partial charge in [-0.3, -0.25) is 0 Å². The molecule has 2 aromatic rings. The normalized spacial score (nSPS) is 18.7. The van der Waals surface area contributed by atoms with Gasteiger partial charge in [0.25, 0.3) is 0 Å². The quantitative estimate of drug-likeness (QED) is 0.915. The molecule has 1 aromatic heterocycles. The zero-order valence-electron chi connectivity index (χ0n) is 11.5. The number of imidazole rings is 1. The molecule has 2 heterocycles. The molecule has 0 aliphatic carbocycles. The fourth-order valence-electron chi connectivity index (χ4n) is 2.63. The van der Waals surface area contributed by atoms with E-state index in [1.165, 1.54) is 29.9 Å². The third-order valence-corrected chi connectivity index (χ3v) is 3.73. The summed E-state index contributed by atoms with van der Waals surface area (Å²) in [4.78, 5) is 6.42. The van der Waals surface area contributed by atoms with E-state index in [1.54, 1.807) is 0 Å². The number of nitrogens with zero attached hydrogens (tertiary/aromatic N) is 3. The Morgan fingerprint density at radius 2 is 2.05 bits per heavy atom. The first-order chi connectivity index (χ1) is 9.25. The highest BCUT2D eigenvalue weighted by molar-refractivity contribution is 5.50. The lowest BCUT2D eigenvalue weighted by atomic mass is 10.1. The second-order valence-electron chi connectivity index (χ2n) is 5.25. The molecule has 0 spiro atoms. The molecule has 4 heteroatoms. The first-order valence-corrected chi connectivity index (χ1v) is 6.79. The first kappa shape index (κ1) is 12.2. The first-order valence-electron chi connectivity index (χ1n) is 6.79. The van der Waals surface area contributed by atoms with E-state index in [1.807, 2.05) is 12.5 Å². The van der Waals surface area contributed by atoms with Crippen LogP contribution in [0, 0.1) is 0 Å². The lowest BCUT2D eigenvalue weighted by Crippen LogP contribution is -2.16. The summed E-state index contributed by atoms with van der Waals surface area (Å²) in [5.74, 6) is 0. The van der Waals surface area contributed by atoms with Gasteiger partial charge in [0, 0.05) is 31.5 Å². The maximum Gasteiger partial charge on any atom is 0.0994 e. The van der Waals surface area contributed by atoms with Crippen LogP contribution in [0.2, 0.25) is 0 Å². The predicted octanol–water partition coefficient (Wildman–Crippen LogP) is 2.36. The van der Waals surface area contributed by atoms with Crippen molar-refractivity contribution in [3.63, 3.8) is 0 Å². The summed E-state index contributed by atoms with van der Waals surface area (Å²) in [6, 6.07) is 9.02. The maximum absolute atomic E-state index is 4.31. The molecule has 1 fully saturated rings. The highest BCUT2D eigenvalue weighted by Gasteiger charge is 2.20. The van der Waals surface area contributed by atoms with Crippen LogP contribution in [-0.2, 0) is 0 Å². The van der Waals surface area contributed by atoms with E-state index in [0.29, 0.717) is 6.04 Å². The van der Waals surface area contributed by atoms with Crippen molar-refractivity contribution in [3.8, 4) is 5.69 Å². The summed E-state index contributed by atoms with van der Waals surface area (Å²) in [7, 11) is 4.11. The summed E-state index contributed by atoms with van der Waals surface area (Å²) in [5, 5.41) is 3.53. The van der Waals surface area contributed by atoms with Crippen molar-refractivity contribution in [3.05, 3.63) is 42.5 Å². The molecular weight excluding hydrogens is 236 g/mol. The highest BCUT2D eigenvalue weighted by atomic mass is 15.1. The number of rotatable bonds is 3. The average molecular weight is 256 g/mol. The molecule has 1 aliphatic rings. The molecule has 1 N–H and O–H groups in total. The molecule has 100 valence electrons. The molecule has 0 bridgehead atoms. The van der Waals surface area contributed by atoms with Gasteiger partial charge >= 0.3 is 0 Å². The van der Waals surface area contributed by atoms with Crippen LogP contribution >= 0.6 is 0 Å². The SMILES string of the molecule is CN(C)c1ccc(-n2cncc2[C@@H]2CCCN2)cc1. The lowest BCUT2D eigenvalue weighted by molar-refractivity contribution is 0.615. The fourth-order valence-corrected chi connectivity index (χ4v) is 2.63. The van der Waals surface area contributed by atoms with Gasteiger partial charge in [-0.2, -0.15) is 0 Å². The Balaban J connectivity index is 1.91. The topological polar surface area (TPSA) is 33.1 Å². The smallest absolute Gasteiger partial charge is 0.0994 e. The van der Waals surface area contributed by atoms with Crippen molar-refractivity contribution in [2.75, 3.05) is 25.5 Å². The largest absolute Gasteiger partial charge is 0.378 e. The molecule has 0 saturated carbocycles. The van der Waals surface area contributed by atoms with E-state index in [9.17, 15) is 0 Å². The van der Waals surface area contributed by atoms with Gasteiger partial charge in [-0.1, -0.05) is 0 Å². The Labute approximate surface area is 114 Å². The van der Waals surface area contributed by atoms with Gasteiger partial charge in [-0.05, 0) is 43.7 Å². The van der Waals surface area contributed by atoms with E-state index >= 15 is 0 Å². The lowest BCUT2D eigenvalue weighted by Gasteiger charge is -2.16. The summed E-state index contributed by atoms with van der Waals surface area (Å²) in [5.41, 5.74) is 3.64. The minimum Gasteiger partial charge on any atom is -0.378 e. The van der Waals surface area contributed by atoms with Crippen LogP contribution in [0.5, 0.6) is 0 Å². The second-order valence-corrected chi connectivity index (χ2v) is 5.25. The van der Waals surface area contributed by atoms with Crippen LogP contribution in [0.1, 0.15) is 24.6 Å². The summed E-state index contributed by atoms with van der Waals surface area (Å²) in [6.45, 7) is 1.11. The number of hydrogen-bond donors (Lipinski definition) is 1. The molecule has 1 aromatic carbocycles. The molecule has 0 radical (unpaired) electrons. The van der Waals surface area contributed by atoms with Gasteiger partial charge in [-0.15, -0.1) is 0 Å². The predicted molar refractivity (Wildman–Crippen MR) is 77.9 cm³/mol. The Morgan fingerprint density at radius 1 is 1.26 bits per heavy atom. The Morgan fingerprint density at radius 3 is 2.68 bits per heavy atom. The van der Waals surface area contributed by atoms with Crippen LogP contribution in [0.3, 0.4) is 0 Å². The van der Waals surface area contributed by atoms with Gasteiger partial charge in [0.15, 0.2) is 0 Å². The summed E-state index contributed by atoms with van der Waals surface area (Å²) in [6.07, 6.45) is 6.32. The number of aromatic nitrogens is 2. The van der Waals surface area contributed by atoms with Gasteiger partial charge in [-0.25, -0.2) is 4.98 Å². The number of hydrogen-bond acceptors (Lipinski definition) is 3. The van der Waals surface area contributed by atoms with Crippen molar-refractivity contribution < 1.29 is 0 Å². The number of benzene rings is 1. The molecule has 0 amide bonds.